The molecule has 2 aliphatic heterocycles. The van der Waals surface area contributed by atoms with Crippen molar-refractivity contribution in [2.75, 3.05) is 19.6 Å². The molecule has 0 aromatic heterocycles. The monoisotopic (exact) mass is 374 g/mol. The van der Waals surface area contributed by atoms with Crippen LogP contribution in [0.3, 0.4) is 0 Å². The molecule has 1 unspecified atom stereocenters. The Morgan fingerprint density at radius 1 is 0.964 bits per heavy atom. The molecule has 5 rings (SSSR count). The highest BCUT2D eigenvalue weighted by Gasteiger charge is 2.38. The molecule has 3 aliphatic rings. The first-order chi connectivity index (χ1) is 13.8. The summed E-state index contributed by atoms with van der Waals surface area (Å²) in [5.74, 6) is -0.0347. The zero-order valence-electron chi connectivity index (χ0n) is 16.2. The molecule has 2 nitrogen and oxygen atoms in total. The maximum Gasteiger partial charge on any atom is 0.126 e. The van der Waals surface area contributed by atoms with Crippen LogP contribution in [0, 0.1) is 5.82 Å². The summed E-state index contributed by atoms with van der Waals surface area (Å²) >= 11 is 0. The molecule has 28 heavy (non-hydrogen) atoms. The van der Waals surface area contributed by atoms with Gasteiger partial charge in [0, 0.05) is 32.2 Å². The Bertz CT molecular complexity index is 896. The molecular weight excluding hydrogens is 347 g/mol. The third kappa shape index (κ3) is 3.34. The van der Waals surface area contributed by atoms with Crippen LogP contribution >= 0.6 is 0 Å². The average Bonchev–Trinajstić information content (AvgIpc) is 2.71. The van der Waals surface area contributed by atoms with E-state index < -0.39 is 0 Å². The average molecular weight is 375 g/mol. The Kier molecular flexibility index (Phi) is 4.87. The van der Waals surface area contributed by atoms with Crippen LogP contribution < -0.4 is 0 Å². The second-order valence-corrected chi connectivity index (χ2v) is 8.20. The predicted molar refractivity (Wildman–Crippen MR) is 112 cm³/mol. The normalized spacial score (nSPS) is 21.7. The van der Waals surface area contributed by atoms with E-state index in [1.165, 1.54) is 16.7 Å². The summed E-state index contributed by atoms with van der Waals surface area (Å²) in [6.45, 7) is 4.00. The maximum atomic E-state index is 14.0. The van der Waals surface area contributed by atoms with E-state index in [9.17, 15) is 4.39 Å². The van der Waals surface area contributed by atoms with Gasteiger partial charge in [-0.2, -0.15) is 0 Å². The van der Waals surface area contributed by atoms with Crippen molar-refractivity contribution < 1.29 is 4.39 Å². The number of hydrogen-bond donors (Lipinski definition) is 0. The van der Waals surface area contributed by atoms with Crippen LogP contribution in [0.4, 0.5) is 4.39 Å². The summed E-state index contributed by atoms with van der Waals surface area (Å²) < 4.78 is 14.0. The summed E-state index contributed by atoms with van der Waals surface area (Å²) in [7, 11) is 0. The van der Waals surface area contributed by atoms with Gasteiger partial charge in [-0.05, 0) is 47.6 Å². The van der Waals surface area contributed by atoms with Crippen LogP contribution in [0.15, 0.2) is 72.3 Å². The zero-order valence-corrected chi connectivity index (χ0v) is 16.2. The van der Waals surface area contributed by atoms with Crippen molar-refractivity contribution in [1.29, 1.82) is 0 Å². The summed E-state index contributed by atoms with van der Waals surface area (Å²) in [5, 5.41) is 0. The van der Waals surface area contributed by atoms with E-state index in [2.05, 4.69) is 64.4 Å². The smallest absolute Gasteiger partial charge is 0.126 e. The second kappa shape index (κ2) is 7.65. The van der Waals surface area contributed by atoms with E-state index in [1.807, 2.05) is 6.07 Å². The highest BCUT2D eigenvalue weighted by Crippen LogP contribution is 2.36. The van der Waals surface area contributed by atoms with E-state index in [-0.39, 0.29) is 5.82 Å². The standard InChI is InChI=1S/C25H27FN2/c26-24-13-7-12-21-16-27(15-14-23(21)24)22-17-28(18-22)25(19-8-3-1-4-9-19)20-10-5-2-6-11-20/h1,3-5,7-13,22,25H,2,6,14-18H2. The van der Waals surface area contributed by atoms with Gasteiger partial charge < -0.3 is 0 Å². The van der Waals surface area contributed by atoms with Gasteiger partial charge in [0.25, 0.3) is 0 Å². The van der Waals surface area contributed by atoms with Crippen LogP contribution in [0.5, 0.6) is 0 Å². The third-order valence-corrected chi connectivity index (χ3v) is 6.47. The van der Waals surface area contributed by atoms with E-state index in [0.717, 1.165) is 51.0 Å². The van der Waals surface area contributed by atoms with Crippen LogP contribution in [0.2, 0.25) is 0 Å². The quantitative estimate of drug-likeness (QED) is 0.752. The molecule has 2 aromatic rings. The Morgan fingerprint density at radius 2 is 1.82 bits per heavy atom. The van der Waals surface area contributed by atoms with E-state index >= 15 is 0 Å². The fraction of sp³-hybridized carbons (Fsp3) is 0.360. The SMILES string of the molecule is Fc1cccc2c1CCN(C1CN(C(C3=CCCC=C3)c3ccccc3)C1)C2. The molecule has 144 valence electrons. The first-order valence-corrected chi connectivity index (χ1v) is 10.5. The molecule has 0 N–H and O–H groups in total. The Balaban J connectivity index is 1.30. The van der Waals surface area contributed by atoms with Crippen molar-refractivity contribution in [1.82, 2.24) is 9.80 Å². The van der Waals surface area contributed by atoms with Gasteiger partial charge in [0.05, 0.1) is 6.04 Å². The molecule has 3 heteroatoms. The molecule has 2 heterocycles. The lowest BCUT2D eigenvalue weighted by atomic mass is 9.89. The number of nitrogens with zero attached hydrogens (tertiary/aromatic N) is 2. The fourth-order valence-electron chi connectivity index (χ4n) is 4.91. The van der Waals surface area contributed by atoms with Crippen molar-refractivity contribution >= 4 is 0 Å². The molecule has 1 saturated heterocycles. The Labute approximate surface area is 167 Å². The molecule has 0 bridgehead atoms. The Hall–Kier alpha value is -2.23. The summed E-state index contributed by atoms with van der Waals surface area (Å²) in [6.07, 6.45) is 10.1. The van der Waals surface area contributed by atoms with Gasteiger partial charge in [-0.3, -0.25) is 9.80 Å². The first kappa shape index (κ1) is 17.8. The number of fused-ring (bicyclic) bond motifs is 1. The van der Waals surface area contributed by atoms with E-state index in [0.29, 0.717) is 12.1 Å². The van der Waals surface area contributed by atoms with Crippen LogP contribution in [-0.4, -0.2) is 35.5 Å². The lowest BCUT2D eigenvalue weighted by Gasteiger charge is -2.50. The first-order valence-electron chi connectivity index (χ1n) is 10.5. The van der Waals surface area contributed by atoms with E-state index in [1.54, 1.807) is 6.07 Å². The van der Waals surface area contributed by atoms with Crippen molar-refractivity contribution in [3.8, 4) is 0 Å². The highest BCUT2D eigenvalue weighted by molar-refractivity contribution is 5.37. The van der Waals surface area contributed by atoms with Crippen molar-refractivity contribution in [3.63, 3.8) is 0 Å². The van der Waals surface area contributed by atoms with Crippen molar-refractivity contribution in [2.45, 2.75) is 37.9 Å². The minimum atomic E-state index is -0.0347. The number of halogens is 1. The lowest BCUT2D eigenvalue weighted by Crippen LogP contribution is -2.60. The van der Waals surface area contributed by atoms with Gasteiger partial charge in [0.1, 0.15) is 5.82 Å². The van der Waals surface area contributed by atoms with Gasteiger partial charge in [0.15, 0.2) is 0 Å². The molecule has 1 fully saturated rings. The molecule has 0 radical (unpaired) electrons. The minimum Gasteiger partial charge on any atom is -0.293 e. The second-order valence-electron chi connectivity index (χ2n) is 8.20. The largest absolute Gasteiger partial charge is 0.293 e. The Morgan fingerprint density at radius 3 is 2.61 bits per heavy atom. The number of allylic oxidation sites excluding steroid dienone is 2. The van der Waals surface area contributed by atoms with Crippen LogP contribution in [0.25, 0.3) is 0 Å². The fourth-order valence-corrected chi connectivity index (χ4v) is 4.91. The van der Waals surface area contributed by atoms with Gasteiger partial charge >= 0.3 is 0 Å². The van der Waals surface area contributed by atoms with Gasteiger partial charge in [-0.1, -0.05) is 60.7 Å². The van der Waals surface area contributed by atoms with Crippen LogP contribution in [-0.2, 0) is 13.0 Å². The lowest BCUT2D eigenvalue weighted by molar-refractivity contribution is 0.00673. The number of likely N-dealkylation sites (tertiary alicyclic amines) is 1. The molecular formula is C25H27FN2. The predicted octanol–water partition coefficient (Wildman–Crippen LogP) is 4.89. The molecule has 0 spiro atoms. The number of rotatable bonds is 4. The third-order valence-electron chi connectivity index (χ3n) is 6.47. The van der Waals surface area contributed by atoms with Gasteiger partial charge in [-0.15, -0.1) is 0 Å². The summed E-state index contributed by atoms with van der Waals surface area (Å²) in [5.41, 5.74) is 4.91. The molecule has 0 amide bonds. The van der Waals surface area contributed by atoms with Gasteiger partial charge in [-0.25, -0.2) is 4.39 Å². The maximum absolute atomic E-state index is 14.0. The molecule has 2 aromatic carbocycles. The zero-order chi connectivity index (χ0) is 18.9. The van der Waals surface area contributed by atoms with Crippen LogP contribution in [0.1, 0.15) is 35.6 Å². The van der Waals surface area contributed by atoms with Crippen molar-refractivity contribution in [2.24, 2.45) is 0 Å². The number of benzene rings is 2. The molecule has 0 saturated carbocycles. The van der Waals surface area contributed by atoms with Gasteiger partial charge in [0.2, 0.25) is 0 Å². The van der Waals surface area contributed by atoms with E-state index in [4.69, 9.17) is 0 Å². The molecule has 1 atom stereocenters. The highest BCUT2D eigenvalue weighted by atomic mass is 19.1. The number of hydrogen-bond acceptors (Lipinski definition) is 2. The minimum absolute atomic E-state index is 0.0347. The molecule has 1 aliphatic carbocycles. The topological polar surface area (TPSA) is 6.48 Å². The summed E-state index contributed by atoms with van der Waals surface area (Å²) in [4.78, 5) is 5.15. The summed E-state index contributed by atoms with van der Waals surface area (Å²) in [6, 6.07) is 17.3. The van der Waals surface area contributed by atoms with Crippen molar-refractivity contribution in [3.05, 3.63) is 94.8 Å².